The molecule has 0 fully saturated rings. The van der Waals surface area contributed by atoms with Crippen LogP contribution in [0, 0.1) is 5.82 Å². The number of nitrogens with one attached hydrogen (secondary N) is 1. The smallest absolute Gasteiger partial charge is 0.407 e. The molecule has 25 heavy (non-hydrogen) atoms. The molecule has 0 saturated carbocycles. The first kappa shape index (κ1) is 19.5. The Hall–Kier alpha value is -1.80. The van der Waals surface area contributed by atoms with Crippen LogP contribution < -0.4 is 14.8 Å². The molecule has 0 unspecified atom stereocenters. The Balaban J connectivity index is 2.25. The van der Waals surface area contributed by atoms with Crippen LogP contribution in [0.1, 0.15) is 17.2 Å². The minimum atomic E-state index is -4.54. The van der Waals surface area contributed by atoms with Crippen molar-refractivity contribution < 1.29 is 27.0 Å². The highest BCUT2D eigenvalue weighted by Crippen LogP contribution is 2.35. The summed E-state index contributed by atoms with van der Waals surface area (Å²) >= 11 is 2.91. The molecule has 0 aliphatic carbocycles. The van der Waals surface area contributed by atoms with E-state index < -0.39 is 18.0 Å². The molecular formula is C17H16BrF4NO2. The zero-order valence-corrected chi connectivity index (χ0v) is 15.0. The van der Waals surface area contributed by atoms with E-state index in [4.69, 9.17) is 9.47 Å². The normalized spacial score (nSPS) is 12.8. The Labute approximate surface area is 151 Å². The van der Waals surface area contributed by atoms with E-state index in [9.17, 15) is 17.6 Å². The zero-order chi connectivity index (χ0) is 18.6. The van der Waals surface area contributed by atoms with Gasteiger partial charge in [0.2, 0.25) is 0 Å². The van der Waals surface area contributed by atoms with Gasteiger partial charge in [0.05, 0.1) is 18.7 Å². The molecule has 0 aliphatic rings. The Morgan fingerprint density at radius 3 is 2.36 bits per heavy atom. The number of rotatable bonds is 6. The van der Waals surface area contributed by atoms with Crippen LogP contribution in [-0.2, 0) is 6.54 Å². The van der Waals surface area contributed by atoms with E-state index in [0.29, 0.717) is 17.1 Å². The number of hydrogen-bond donors (Lipinski definition) is 1. The molecule has 0 aliphatic heterocycles. The van der Waals surface area contributed by atoms with E-state index in [-0.39, 0.29) is 16.6 Å². The molecule has 3 nitrogen and oxygen atoms in total. The van der Waals surface area contributed by atoms with Crippen molar-refractivity contribution in [3.8, 4) is 11.5 Å². The summed E-state index contributed by atoms with van der Waals surface area (Å²) < 4.78 is 63.8. The van der Waals surface area contributed by atoms with Gasteiger partial charge < -0.3 is 9.47 Å². The van der Waals surface area contributed by atoms with E-state index >= 15 is 0 Å². The fourth-order valence-corrected chi connectivity index (χ4v) is 2.72. The highest BCUT2D eigenvalue weighted by molar-refractivity contribution is 9.10. The summed E-state index contributed by atoms with van der Waals surface area (Å²) in [6, 6.07) is 6.12. The number of methoxy groups -OCH3 is 2. The van der Waals surface area contributed by atoms with E-state index in [0.717, 1.165) is 18.2 Å². The first-order valence-electron chi connectivity index (χ1n) is 7.22. The van der Waals surface area contributed by atoms with Crippen LogP contribution in [0.5, 0.6) is 11.5 Å². The monoisotopic (exact) mass is 421 g/mol. The maximum absolute atomic E-state index is 13.4. The molecule has 0 aromatic heterocycles. The highest BCUT2D eigenvalue weighted by Gasteiger charge is 2.40. The molecule has 1 atom stereocenters. The van der Waals surface area contributed by atoms with Crippen LogP contribution in [-0.4, -0.2) is 20.4 Å². The Morgan fingerprint density at radius 2 is 1.80 bits per heavy atom. The van der Waals surface area contributed by atoms with Crippen LogP contribution in [0.25, 0.3) is 0 Å². The minimum absolute atomic E-state index is 0.0249. The van der Waals surface area contributed by atoms with E-state index in [2.05, 4.69) is 21.2 Å². The van der Waals surface area contributed by atoms with E-state index in [1.54, 1.807) is 18.2 Å². The maximum Gasteiger partial charge on any atom is 0.407 e. The lowest BCUT2D eigenvalue weighted by molar-refractivity contribution is -0.158. The third-order valence-electron chi connectivity index (χ3n) is 3.60. The fourth-order valence-electron chi connectivity index (χ4n) is 2.32. The molecule has 0 spiro atoms. The van der Waals surface area contributed by atoms with Gasteiger partial charge in [-0.25, -0.2) is 4.39 Å². The minimum Gasteiger partial charge on any atom is -0.497 e. The SMILES string of the molecule is COc1ccc(CN[C@@H](c2ccc(F)c(Br)c2)C(F)(F)F)c(OC)c1. The van der Waals surface area contributed by atoms with Gasteiger partial charge in [0.1, 0.15) is 23.4 Å². The second-order valence-corrected chi connectivity index (χ2v) is 6.06. The fraction of sp³-hybridized carbons (Fsp3) is 0.294. The second-order valence-electron chi connectivity index (χ2n) is 5.21. The average Bonchev–Trinajstić information content (AvgIpc) is 2.57. The third-order valence-corrected chi connectivity index (χ3v) is 4.20. The predicted octanol–water partition coefficient (Wildman–Crippen LogP) is 5.00. The number of benzene rings is 2. The number of halogens is 5. The van der Waals surface area contributed by atoms with Crippen LogP contribution >= 0.6 is 15.9 Å². The first-order valence-corrected chi connectivity index (χ1v) is 8.01. The molecule has 2 aromatic rings. The summed E-state index contributed by atoms with van der Waals surface area (Å²) in [5.41, 5.74) is 0.451. The quantitative estimate of drug-likeness (QED) is 0.665. The lowest BCUT2D eigenvalue weighted by atomic mass is 10.1. The van der Waals surface area contributed by atoms with Crippen molar-refractivity contribution in [2.24, 2.45) is 0 Å². The molecule has 8 heteroatoms. The number of alkyl halides is 3. The molecule has 0 radical (unpaired) electrons. The predicted molar refractivity (Wildman–Crippen MR) is 89.3 cm³/mol. The van der Waals surface area contributed by atoms with Crippen molar-refractivity contribution in [2.45, 2.75) is 18.8 Å². The lowest BCUT2D eigenvalue weighted by Crippen LogP contribution is -2.34. The first-order chi connectivity index (χ1) is 11.8. The van der Waals surface area contributed by atoms with E-state index in [1.807, 2.05) is 0 Å². The van der Waals surface area contributed by atoms with Crippen molar-refractivity contribution >= 4 is 15.9 Å². The van der Waals surface area contributed by atoms with Crippen LogP contribution in [0.3, 0.4) is 0 Å². The Bertz CT molecular complexity index is 737. The molecule has 2 aromatic carbocycles. The summed E-state index contributed by atoms with van der Waals surface area (Å²) in [6.07, 6.45) is -4.54. The molecule has 0 amide bonds. The zero-order valence-electron chi connectivity index (χ0n) is 13.5. The molecule has 136 valence electrons. The third kappa shape index (κ3) is 4.85. The van der Waals surface area contributed by atoms with Gasteiger partial charge in [-0.2, -0.15) is 13.2 Å². The van der Waals surface area contributed by atoms with Crippen LogP contribution in [0.2, 0.25) is 0 Å². The van der Waals surface area contributed by atoms with Gasteiger partial charge in [-0.15, -0.1) is 0 Å². The topological polar surface area (TPSA) is 30.5 Å². The van der Waals surface area contributed by atoms with Gasteiger partial charge in [0, 0.05) is 18.2 Å². The highest BCUT2D eigenvalue weighted by atomic mass is 79.9. The summed E-state index contributed by atoms with van der Waals surface area (Å²) in [5, 5.41) is 2.46. The van der Waals surface area contributed by atoms with Gasteiger partial charge in [-0.3, -0.25) is 5.32 Å². The summed E-state index contributed by atoms with van der Waals surface area (Å²) in [5.74, 6) is 0.324. The van der Waals surface area contributed by atoms with Gasteiger partial charge >= 0.3 is 6.18 Å². The maximum atomic E-state index is 13.4. The van der Waals surface area contributed by atoms with Gasteiger partial charge in [0.25, 0.3) is 0 Å². The molecular weight excluding hydrogens is 406 g/mol. The molecule has 0 bridgehead atoms. The molecule has 0 saturated heterocycles. The van der Waals surface area contributed by atoms with Crippen molar-refractivity contribution in [3.63, 3.8) is 0 Å². The summed E-state index contributed by atoms with van der Waals surface area (Å²) in [6.45, 7) is -0.0909. The largest absolute Gasteiger partial charge is 0.497 e. The second kappa shape index (κ2) is 8.05. The van der Waals surface area contributed by atoms with Crippen molar-refractivity contribution in [1.29, 1.82) is 0 Å². The Kier molecular flexibility index (Phi) is 6.29. The van der Waals surface area contributed by atoms with Gasteiger partial charge in [-0.05, 0) is 39.7 Å². The molecule has 2 rings (SSSR count). The van der Waals surface area contributed by atoms with Crippen molar-refractivity contribution in [1.82, 2.24) is 5.32 Å². The van der Waals surface area contributed by atoms with Crippen molar-refractivity contribution in [3.05, 3.63) is 57.8 Å². The number of hydrogen-bond acceptors (Lipinski definition) is 3. The van der Waals surface area contributed by atoms with Crippen LogP contribution in [0.4, 0.5) is 17.6 Å². The summed E-state index contributed by atoms with van der Waals surface area (Å²) in [7, 11) is 2.91. The van der Waals surface area contributed by atoms with E-state index in [1.165, 1.54) is 14.2 Å². The Morgan fingerprint density at radius 1 is 1.08 bits per heavy atom. The lowest BCUT2D eigenvalue weighted by Gasteiger charge is -2.23. The van der Waals surface area contributed by atoms with Crippen molar-refractivity contribution in [2.75, 3.05) is 14.2 Å². The summed E-state index contributed by atoms with van der Waals surface area (Å²) in [4.78, 5) is 0. The molecule has 0 heterocycles. The molecule has 1 N–H and O–H groups in total. The average molecular weight is 422 g/mol. The van der Waals surface area contributed by atoms with Crippen LogP contribution in [0.15, 0.2) is 40.9 Å². The standard InChI is InChI=1S/C17H16BrF4NO2/c1-24-12-5-3-11(15(8-12)25-2)9-23-16(17(20,21)22)10-4-6-14(19)13(18)7-10/h3-8,16,23H,9H2,1-2H3/t16-/m0/s1. The van der Waals surface area contributed by atoms with Gasteiger partial charge in [0.15, 0.2) is 0 Å². The number of ether oxygens (including phenoxy) is 2. The van der Waals surface area contributed by atoms with Gasteiger partial charge in [-0.1, -0.05) is 12.1 Å².